The smallest absolute Gasteiger partial charge is 0.261 e. The van der Waals surface area contributed by atoms with Gasteiger partial charge < -0.3 is 0 Å². The Bertz CT molecular complexity index is 937. The maximum Gasteiger partial charge on any atom is 0.261 e. The Kier molecular flexibility index (Phi) is 5.76. The predicted molar refractivity (Wildman–Crippen MR) is 119 cm³/mol. The van der Waals surface area contributed by atoms with E-state index in [1.54, 1.807) is 12.1 Å². The van der Waals surface area contributed by atoms with E-state index in [2.05, 4.69) is 43.6 Å². The van der Waals surface area contributed by atoms with E-state index in [0.29, 0.717) is 17.7 Å². The first kappa shape index (κ1) is 20.8. The van der Waals surface area contributed by atoms with E-state index in [4.69, 9.17) is 0 Å². The second kappa shape index (κ2) is 8.32. The molecule has 4 rings (SSSR count). The van der Waals surface area contributed by atoms with Crippen molar-refractivity contribution in [3.05, 3.63) is 69.3 Å². The molecule has 0 unspecified atom stereocenters. The zero-order chi connectivity index (χ0) is 21.4. The lowest BCUT2D eigenvalue weighted by Gasteiger charge is -2.22. The van der Waals surface area contributed by atoms with E-state index in [-0.39, 0.29) is 11.8 Å². The Morgan fingerprint density at radius 2 is 1.37 bits per heavy atom. The van der Waals surface area contributed by atoms with Crippen molar-refractivity contribution in [3.63, 3.8) is 0 Å². The molecule has 1 saturated heterocycles. The van der Waals surface area contributed by atoms with Crippen molar-refractivity contribution in [2.24, 2.45) is 0 Å². The van der Waals surface area contributed by atoms with E-state index in [0.717, 1.165) is 39.3 Å². The van der Waals surface area contributed by atoms with Crippen LogP contribution in [0.2, 0.25) is 0 Å². The number of rotatable bonds is 6. The Morgan fingerprint density at radius 3 is 1.97 bits per heavy atom. The van der Waals surface area contributed by atoms with Crippen LogP contribution in [0.3, 0.4) is 0 Å². The number of hydrogen-bond acceptors (Lipinski definition) is 4. The summed E-state index contributed by atoms with van der Waals surface area (Å²) in [6, 6.07) is 9.39. The minimum Gasteiger partial charge on any atom is -0.289 e. The fourth-order valence-electron chi connectivity index (χ4n) is 4.67. The Morgan fingerprint density at radius 1 is 0.800 bits per heavy atom. The summed E-state index contributed by atoms with van der Waals surface area (Å²) >= 11 is 0. The highest BCUT2D eigenvalue weighted by atomic mass is 16.2. The van der Waals surface area contributed by atoms with Gasteiger partial charge in [0.25, 0.3) is 11.8 Å². The van der Waals surface area contributed by atoms with Gasteiger partial charge in [0.2, 0.25) is 0 Å². The second-order valence-electron chi connectivity index (χ2n) is 8.71. The molecule has 2 heterocycles. The van der Waals surface area contributed by atoms with Crippen molar-refractivity contribution in [3.8, 4) is 0 Å². The molecular weight excluding hydrogens is 374 g/mol. The van der Waals surface area contributed by atoms with E-state index >= 15 is 0 Å². The molecule has 5 nitrogen and oxygen atoms in total. The number of aryl methyl sites for hydroxylation is 2. The lowest BCUT2D eigenvalue weighted by atomic mass is 9.94. The third-order valence-electron chi connectivity index (χ3n) is 6.77. The van der Waals surface area contributed by atoms with Gasteiger partial charge in [0.1, 0.15) is 0 Å². The van der Waals surface area contributed by atoms with Crippen LogP contribution in [-0.2, 0) is 6.54 Å². The zero-order valence-corrected chi connectivity index (χ0v) is 18.5. The molecule has 2 aliphatic rings. The molecule has 2 amide bonds. The molecule has 0 saturated carbocycles. The van der Waals surface area contributed by atoms with Crippen LogP contribution in [0.5, 0.6) is 0 Å². The molecule has 2 aromatic rings. The first-order valence-electron chi connectivity index (χ1n) is 10.8. The SMILES string of the molecule is Cc1cc(C)c(C)c(CN2CCN(CCCN3C(=O)c4ccccc4C3=O)C2)c1C. The molecule has 0 N–H and O–H groups in total. The number of benzene rings is 2. The first-order valence-corrected chi connectivity index (χ1v) is 10.8. The molecule has 30 heavy (non-hydrogen) atoms. The Hall–Kier alpha value is -2.50. The summed E-state index contributed by atoms with van der Waals surface area (Å²) in [5.74, 6) is -0.307. The van der Waals surface area contributed by atoms with Gasteiger partial charge in [-0.1, -0.05) is 18.2 Å². The van der Waals surface area contributed by atoms with Crippen LogP contribution in [-0.4, -0.2) is 59.4 Å². The van der Waals surface area contributed by atoms with Gasteiger partial charge in [-0.15, -0.1) is 0 Å². The highest BCUT2D eigenvalue weighted by molar-refractivity contribution is 6.21. The number of fused-ring (bicyclic) bond motifs is 1. The molecule has 0 radical (unpaired) electrons. The minimum absolute atomic E-state index is 0.153. The Balaban J connectivity index is 1.30. The molecule has 2 aromatic carbocycles. The number of carbonyl (C=O) groups excluding carboxylic acids is 2. The van der Waals surface area contributed by atoms with Crippen molar-refractivity contribution in [1.29, 1.82) is 0 Å². The Labute approximate surface area is 179 Å². The maximum atomic E-state index is 12.5. The van der Waals surface area contributed by atoms with Crippen molar-refractivity contribution in [2.75, 3.05) is 32.8 Å². The molecule has 2 aliphatic heterocycles. The third kappa shape index (κ3) is 3.80. The van der Waals surface area contributed by atoms with E-state index < -0.39 is 0 Å². The zero-order valence-electron chi connectivity index (χ0n) is 18.5. The first-order chi connectivity index (χ1) is 14.4. The summed E-state index contributed by atoms with van der Waals surface area (Å²) in [5, 5.41) is 0. The number of carbonyl (C=O) groups is 2. The summed E-state index contributed by atoms with van der Waals surface area (Å²) in [5.41, 5.74) is 8.07. The molecule has 158 valence electrons. The summed E-state index contributed by atoms with van der Waals surface area (Å²) in [6.45, 7) is 14.2. The van der Waals surface area contributed by atoms with Gasteiger partial charge in [-0.05, 0) is 74.1 Å². The molecule has 0 atom stereocenters. The number of imide groups is 1. The van der Waals surface area contributed by atoms with Gasteiger partial charge in [-0.25, -0.2) is 0 Å². The van der Waals surface area contributed by atoms with Crippen LogP contribution in [0.15, 0.2) is 30.3 Å². The average Bonchev–Trinajstić information content (AvgIpc) is 3.28. The lowest BCUT2D eigenvalue weighted by molar-refractivity contribution is 0.0647. The quantitative estimate of drug-likeness (QED) is 0.688. The third-order valence-corrected chi connectivity index (χ3v) is 6.77. The highest BCUT2D eigenvalue weighted by Crippen LogP contribution is 2.25. The van der Waals surface area contributed by atoms with Gasteiger partial charge in [-0.2, -0.15) is 0 Å². The van der Waals surface area contributed by atoms with Crippen molar-refractivity contribution < 1.29 is 9.59 Å². The van der Waals surface area contributed by atoms with Crippen LogP contribution >= 0.6 is 0 Å². The predicted octanol–water partition coefficient (Wildman–Crippen LogP) is 3.68. The highest BCUT2D eigenvalue weighted by Gasteiger charge is 2.34. The summed E-state index contributed by atoms with van der Waals surface area (Å²) < 4.78 is 0. The number of hydrogen-bond donors (Lipinski definition) is 0. The van der Waals surface area contributed by atoms with Gasteiger partial charge in [0, 0.05) is 32.7 Å². The molecule has 5 heteroatoms. The molecule has 0 bridgehead atoms. The fourth-order valence-corrected chi connectivity index (χ4v) is 4.67. The minimum atomic E-state index is -0.153. The molecule has 0 aliphatic carbocycles. The van der Waals surface area contributed by atoms with E-state index in [1.807, 2.05) is 12.1 Å². The lowest BCUT2D eigenvalue weighted by Crippen LogP contribution is -2.33. The van der Waals surface area contributed by atoms with Crippen molar-refractivity contribution in [1.82, 2.24) is 14.7 Å². The monoisotopic (exact) mass is 405 g/mol. The van der Waals surface area contributed by atoms with Gasteiger partial charge >= 0.3 is 0 Å². The van der Waals surface area contributed by atoms with Crippen molar-refractivity contribution in [2.45, 2.75) is 40.7 Å². The van der Waals surface area contributed by atoms with Gasteiger partial charge in [0.15, 0.2) is 0 Å². The van der Waals surface area contributed by atoms with Crippen LogP contribution in [0.25, 0.3) is 0 Å². The molecule has 0 spiro atoms. The standard InChI is InChI=1S/C25H31N3O2/c1-17-14-18(2)20(4)23(19(17)3)15-27-13-12-26(16-27)10-7-11-28-24(29)21-8-5-6-9-22(21)25(28)30/h5-6,8-9,14H,7,10-13,15-16H2,1-4H3. The average molecular weight is 406 g/mol. The molecule has 0 aromatic heterocycles. The topological polar surface area (TPSA) is 43.9 Å². The van der Waals surface area contributed by atoms with E-state index in [1.165, 1.54) is 32.7 Å². The number of amides is 2. The van der Waals surface area contributed by atoms with Gasteiger partial charge in [-0.3, -0.25) is 24.3 Å². The summed E-state index contributed by atoms with van der Waals surface area (Å²) in [4.78, 5) is 31.3. The molecular formula is C25H31N3O2. The normalized spacial score (nSPS) is 17.3. The fraction of sp³-hybridized carbons (Fsp3) is 0.440. The van der Waals surface area contributed by atoms with Crippen LogP contribution in [0.4, 0.5) is 0 Å². The second-order valence-corrected chi connectivity index (χ2v) is 8.71. The van der Waals surface area contributed by atoms with Crippen LogP contribution < -0.4 is 0 Å². The van der Waals surface area contributed by atoms with Crippen molar-refractivity contribution >= 4 is 11.8 Å². The van der Waals surface area contributed by atoms with Crippen LogP contribution in [0, 0.1) is 27.7 Å². The van der Waals surface area contributed by atoms with E-state index in [9.17, 15) is 9.59 Å². The van der Waals surface area contributed by atoms with Gasteiger partial charge in [0.05, 0.1) is 17.8 Å². The largest absolute Gasteiger partial charge is 0.289 e. The summed E-state index contributed by atoms with van der Waals surface area (Å²) in [6.07, 6.45) is 0.806. The summed E-state index contributed by atoms with van der Waals surface area (Å²) in [7, 11) is 0. The maximum absolute atomic E-state index is 12.5. The van der Waals surface area contributed by atoms with Crippen LogP contribution in [0.1, 0.15) is 55.0 Å². The number of nitrogens with zero attached hydrogens (tertiary/aromatic N) is 3. The molecule has 1 fully saturated rings.